The van der Waals surface area contributed by atoms with Crippen LogP contribution < -0.4 is 0 Å². The van der Waals surface area contributed by atoms with Gasteiger partial charge in [0, 0.05) is 0 Å². The van der Waals surface area contributed by atoms with Crippen molar-refractivity contribution in [1.82, 2.24) is 0 Å². The molecule has 0 amide bonds. The van der Waals surface area contributed by atoms with Gasteiger partial charge in [0.05, 0.1) is 0 Å². The summed E-state index contributed by atoms with van der Waals surface area (Å²) in [5.41, 5.74) is 0. The van der Waals surface area contributed by atoms with Gasteiger partial charge in [-0.1, -0.05) is 0 Å². The zero-order valence-corrected chi connectivity index (χ0v) is 5.48. The maximum absolute atomic E-state index is 9.66. The summed E-state index contributed by atoms with van der Waals surface area (Å²) in [6.07, 6.45) is 0. The van der Waals surface area contributed by atoms with Crippen LogP contribution >= 0.6 is 0 Å². The molecule has 1 unspecified atom stereocenters. The summed E-state index contributed by atoms with van der Waals surface area (Å²) >= 11 is 0. The molecule has 0 rings (SSSR count). The Morgan fingerprint density at radius 3 is 1.25 bits per heavy atom. The van der Waals surface area contributed by atoms with Crippen molar-refractivity contribution >= 4 is 109 Å². The van der Waals surface area contributed by atoms with Crippen LogP contribution in [-0.2, 0) is 24.3 Å². The van der Waals surface area contributed by atoms with Gasteiger partial charge in [-0.2, -0.15) is 12.6 Å². The third kappa shape index (κ3) is 23.0. The van der Waals surface area contributed by atoms with Gasteiger partial charge in [-0.25, -0.2) is 4.78 Å². The second-order valence-corrected chi connectivity index (χ2v) is 3.32. The van der Waals surface area contributed by atoms with Crippen LogP contribution in [0.15, 0.2) is 0 Å². The standard InChI is InChI=1S/H3NO6S2.3Na.3H/c1-8(2,3)7-9(4,5)6;;;;;;/h(H2,1,2,3)(H,4,5,6);;;;;;. The van der Waals surface area contributed by atoms with Crippen LogP contribution in [0.25, 0.3) is 0 Å². The molecular weight excluding hydrogens is 243 g/mol. The summed E-state index contributed by atoms with van der Waals surface area (Å²) in [5.74, 6) is 0. The Bertz CT molecular complexity index is 246. The molecule has 0 saturated carbocycles. The average molecular weight is 249 g/mol. The first-order chi connectivity index (χ1) is 3.71. The summed E-state index contributed by atoms with van der Waals surface area (Å²) in [4.78, 5) is 0. The summed E-state index contributed by atoms with van der Waals surface area (Å²) in [6.45, 7) is 0. The summed E-state index contributed by atoms with van der Waals surface area (Å²) in [5, 5.41) is 0. The molecule has 0 aromatic rings. The first-order valence-corrected chi connectivity index (χ1v) is 4.21. The van der Waals surface area contributed by atoms with Crippen LogP contribution in [-0.4, -0.2) is 110 Å². The van der Waals surface area contributed by atoms with E-state index in [0.29, 0.717) is 0 Å². The molecule has 0 bridgehead atoms. The summed E-state index contributed by atoms with van der Waals surface area (Å²) in [7, 11) is -9.61. The first kappa shape index (κ1) is 24.2. The third-order valence-corrected chi connectivity index (χ3v) is 1.60. The Morgan fingerprint density at radius 2 is 1.25 bits per heavy atom. The van der Waals surface area contributed by atoms with Crippen LogP contribution in [0, 0.1) is 4.78 Å². The minimum absolute atomic E-state index is 0. The van der Waals surface area contributed by atoms with E-state index in [1.165, 1.54) is 0 Å². The number of rotatable bonds is 2. The van der Waals surface area contributed by atoms with E-state index in [9.17, 15) is 12.6 Å². The molecule has 0 spiro atoms. The van der Waals surface area contributed by atoms with Crippen LogP contribution in [0.2, 0.25) is 0 Å². The number of hydrogen-bond acceptors (Lipinski definition) is 5. The monoisotopic (exact) mass is 249 g/mol. The van der Waals surface area contributed by atoms with E-state index in [0.717, 1.165) is 0 Å². The van der Waals surface area contributed by atoms with Crippen LogP contribution in [0.3, 0.4) is 0 Å². The molecule has 0 aliphatic carbocycles. The van der Waals surface area contributed by atoms with Crippen molar-refractivity contribution in [3.63, 3.8) is 0 Å². The predicted molar refractivity (Wildman–Crippen MR) is 47.6 cm³/mol. The fraction of sp³-hybridized carbons (Fsp3) is 0. The van der Waals surface area contributed by atoms with Gasteiger partial charge >= 0.3 is 109 Å². The van der Waals surface area contributed by atoms with Crippen LogP contribution in [0.5, 0.6) is 0 Å². The van der Waals surface area contributed by atoms with E-state index in [4.69, 9.17) is 13.9 Å². The fourth-order valence-corrected chi connectivity index (χ4v) is 1.05. The molecule has 0 aliphatic heterocycles. The Morgan fingerprint density at radius 1 is 1.00 bits per heavy atom. The van der Waals surface area contributed by atoms with Gasteiger partial charge in [-0.3, -0.25) is 9.11 Å². The van der Waals surface area contributed by atoms with E-state index < -0.39 is 20.7 Å². The number of hydrogen-bond donors (Lipinski definition) is 3. The van der Waals surface area contributed by atoms with Crippen molar-refractivity contribution in [2.24, 2.45) is 0 Å². The van der Waals surface area contributed by atoms with Gasteiger partial charge in [-0.15, -0.1) is 3.63 Å². The molecule has 0 heterocycles. The molecule has 3 N–H and O–H groups in total. The molecule has 0 fully saturated rings. The van der Waals surface area contributed by atoms with Crippen molar-refractivity contribution in [2.45, 2.75) is 0 Å². The van der Waals surface area contributed by atoms with Crippen molar-refractivity contribution < 1.29 is 25.4 Å². The average Bonchev–Trinajstić information content (AvgIpc) is 1.14. The molecule has 0 aromatic carbocycles. The second-order valence-electron chi connectivity index (χ2n) is 0.971. The second kappa shape index (κ2) is 9.04. The van der Waals surface area contributed by atoms with Gasteiger partial charge < -0.3 is 0 Å². The van der Waals surface area contributed by atoms with E-state index in [2.05, 4.69) is 3.63 Å². The summed E-state index contributed by atoms with van der Waals surface area (Å²) in [6, 6.07) is 0. The Kier molecular flexibility index (Phi) is 18.2. The first-order valence-electron chi connectivity index (χ1n) is 1.40. The molecule has 0 aromatic heterocycles. The Labute approximate surface area is 137 Å². The van der Waals surface area contributed by atoms with Crippen molar-refractivity contribution in [3.05, 3.63) is 0 Å². The molecule has 12 heavy (non-hydrogen) atoms. The van der Waals surface area contributed by atoms with E-state index >= 15 is 0 Å². The normalized spacial score (nSPS) is 14.2. The van der Waals surface area contributed by atoms with E-state index in [1.54, 1.807) is 0 Å². The molecule has 62 valence electrons. The zero-order valence-electron chi connectivity index (χ0n) is 3.84. The van der Waals surface area contributed by atoms with Gasteiger partial charge in [0.1, 0.15) is 0 Å². The zero-order chi connectivity index (χ0) is 7.71. The van der Waals surface area contributed by atoms with Crippen molar-refractivity contribution in [1.29, 1.82) is 4.78 Å². The maximum atomic E-state index is 9.66. The summed E-state index contributed by atoms with van der Waals surface area (Å²) < 4.78 is 52.9. The Balaban J connectivity index is -0.000000107. The molecular formula is H6NNa3O6S2. The molecule has 0 radical (unpaired) electrons. The fourth-order valence-electron chi connectivity index (χ4n) is 0.117. The van der Waals surface area contributed by atoms with Gasteiger partial charge in [0.25, 0.3) is 0 Å². The topological polar surface area (TPSA) is 125 Å². The molecule has 1 atom stereocenters. The van der Waals surface area contributed by atoms with Crippen LogP contribution in [0.4, 0.5) is 0 Å². The van der Waals surface area contributed by atoms with Crippen molar-refractivity contribution in [3.8, 4) is 0 Å². The van der Waals surface area contributed by atoms with E-state index in [1.807, 2.05) is 0 Å². The van der Waals surface area contributed by atoms with Crippen molar-refractivity contribution in [2.75, 3.05) is 0 Å². The van der Waals surface area contributed by atoms with E-state index in [-0.39, 0.29) is 88.7 Å². The van der Waals surface area contributed by atoms with Gasteiger partial charge in [-0.05, 0) is 0 Å². The van der Waals surface area contributed by atoms with Gasteiger partial charge in [0.2, 0.25) is 0 Å². The molecule has 7 nitrogen and oxygen atoms in total. The van der Waals surface area contributed by atoms with Crippen LogP contribution in [0.1, 0.15) is 0 Å². The van der Waals surface area contributed by atoms with Gasteiger partial charge in [0.15, 0.2) is 0 Å². The SMILES string of the molecule is N=S(=O)(O)OS(=O)(=O)O.[NaH].[NaH].[NaH]. The predicted octanol–water partition coefficient (Wildman–Crippen LogP) is -2.70. The quantitative estimate of drug-likeness (QED) is 0.361. The molecule has 0 saturated heterocycles. The Hall–Kier alpha value is 2.78. The number of nitrogens with one attached hydrogen (secondary N) is 1. The molecule has 12 heteroatoms. The molecule has 0 aliphatic rings. The minimum atomic E-state index is -4.99. The third-order valence-electron chi connectivity index (χ3n) is 0.178.